The molecule has 3 rings (SSSR count). The highest BCUT2D eigenvalue weighted by atomic mass is 16.6. The molecule has 0 aromatic rings. The molecule has 0 spiro atoms. The van der Waals surface area contributed by atoms with E-state index in [0.29, 0.717) is 6.42 Å². The van der Waals surface area contributed by atoms with Gasteiger partial charge in [-0.1, -0.05) is 11.6 Å². The number of carbonyl (C=O) groups is 4. The molecule has 1 N–H and O–H groups in total. The zero-order chi connectivity index (χ0) is 17.5. The van der Waals surface area contributed by atoms with Crippen LogP contribution < -0.4 is 5.32 Å². The Labute approximate surface area is 139 Å². The first-order chi connectivity index (χ1) is 11.4. The van der Waals surface area contributed by atoms with Gasteiger partial charge in [-0.25, -0.2) is 0 Å². The SMILES string of the molecule is CCOC(=O)C1(C(=O)OCC)CC2=CCC3C(=O)NC(=O)[C@H]3C2C1. The number of carbonyl (C=O) groups excluding carboxylic acids is 4. The minimum Gasteiger partial charge on any atom is -0.465 e. The number of amides is 2. The van der Waals surface area contributed by atoms with E-state index in [9.17, 15) is 19.2 Å². The number of hydrogen-bond donors (Lipinski definition) is 1. The summed E-state index contributed by atoms with van der Waals surface area (Å²) in [4.78, 5) is 49.2. The van der Waals surface area contributed by atoms with Crippen molar-refractivity contribution in [2.45, 2.75) is 33.1 Å². The van der Waals surface area contributed by atoms with Crippen molar-refractivity contribution in [2.24, 2.45) is 23.2 Å². The van der Waals surface area contributed by atoms with Crippen LogP contribution >= 0.6 is 0 Å². The third-order valence-electron chi connectivity index (χ3n) is 5.27. The fourth-order valence-electron chi connectivity index (χ4n) is 4.21. The molecule has 2 fully saturated rings. The van der Waals surface area contributed by atoms with Crippen molar-refractivity contribution in [3.05, 3.63) is 11.6 Å². The molecule has 24 heavy (non-hydrogen) atoms. The molecule has 1 saturated heterocycles. The van der Waals surface area contributed by atoms with Crippen LogP contribution in [0.1, 0.15) is 33.1 Å². The van der Waals surface area contributed by atoms with Gasteiger partial charge in [-0.2, -0.15) is 0 Å². The summed E-state index contributed by atoms with van der Waals surface area (Å²) in [5.41, 5.74) is -0.536. The first-order valence-electron chi connectivity index (χ1n) is 8.32. The number of imide groups is 1. The van der Waals surface area contributed by atoms with E-state index in [1.165, 1.54) is 0 Å². The van der Waals surface area contributed by atoms with Crippen LogP contribution in [0.5, 0.6) is 0 Å². The van der Waals surface area contributed by atoms with Crippen LogP contribution in [0.25, 0.3) is 0 Å². The van der Waals surface area contributed by atoms with Gasteiger partial charge < -0.3 is 9.47 Å². The Morgan fingerprint density at radius 1 is 1.12 bits per heavy atom. The lowest BCUT2D eigenvalue weighted by Gasteiger charge is -2.27. The average Bonchev–Trinajstić information content (AvgIpc) is 3.07. The lowest BCUT2D eigenvalue weighted by molar-refractivity contribution is -0.172. The van der Waals surface area contributed by atoms with Crippen LogP contribution in [0.15, 0.2) is 11.6 Å². The van der Waals surface area contributed by atoms with Crippen LogP contribution in [0.3, 0.4) is 0 Å². The van der Waals surface area contributed by atoms with E-state index in [0.717, 1.165) is 5.57 Å². The van der Waals surface area contributed by atoms with Gasteiger partial charge in [-0.3, -0.25) is 24.5 Å². The fourth-order valence-corrected chi connectivity index (χ4v) is 4.21. The maximum Gasteiger partial charge on any atom is 0.323 e. The van der Waals surface area contributed by atoms with Gasteiger partial charge in [-0.05, 0) is 39.0 Å². The lowest BCUT2D eigenvalue weighted by atomic mass is 9.73. The molecule has 0 aromatic heterocycles. The van der Waals surface area contributed by atoms with Crippen molar-refractivity contribution in [2.75, 3.05) is 13.2 Å². The second kappa shape index (κ2) is 6.03. The molecule has 3 atom stereocenters. The monoisotopic (exact) mass is 335 g/mol. The minimum atomic E-state index is -1.41. The minimum absolute atomic E-state index is 0.151. The molecule has 1 saturated carbocycles. The van der Waals surface area contributed by atoms with Gasteiger partial charge in [0.05, 0.1) is 25.0 Å². The number of rotatable bonds is 4. The van der Waals surface area contributed by atoms with Gasteiger partial charge in [0, 0.05) is 0 Å². The Kier molecular flexibility index (Phi) is 4.19. The van der Waals surface area contributed by atoms with E-state index in [1.807, 2.05) is 6.08 Å². The van der Waals surface area contributed by atoms with Gasteiger partial charge in [0.2, 0.25) is 11.8 Å². The van der Waals surface area contributed by atoms with Crippen molar-refractivity contribution < 1.29 is 28.7 Å². The fraction of sp³-hybridized carbons (Fsp3) is 0.647. The maximum atomic E-state index is 12.5. The molecule has 0 radical (unpaired) electrons. The summed E-state index contributed by atoms with van der Waals surface area (Å²) >= 11 is 0. The average molecular weight is 335 g/mol. The molecule has 2 aliphatic carbocycles. The number of hydrogen-bond acceptors (Lipinski definition) is 6. The molecule has 3 aliphatic rings. The first kappa shape index (κ1) is 16.7. The third-order valence-corrected chi connectivity index (χ3v) is 5.27. The van der Waals surface area contributed by atoms with Crippen molar-refractivity contribution in [3.8, 4) is 0 Å². The van der Waals surface area contributed by atoms with E-state index < -0.39 is 29.2 Å². The summed E-state index contributed by atoms with van der Waals surface area (Å²) in [6, 6.07) is 0. The van der Waals surface area contributed by atoms with Crippen LogP contribution in [0, 0.1) is 23.2 Å². The standard InChI is InChI=1S/C17H21NO6/c1-3-23-15(21)17(16(22)24-4-2)7-9-5-6-10-12(11(9)8-17)14(20)18-13(10)19/h5,10-12H,3-4,6-8H2,1-2H3,(H,18,19,20)/t10?,11?,12-/m1/s1. The van der Waals surface area contributed by atoms with E-state index in [4.69, 9.17) is 9.47 Å². The third kappa shape index (κ3) is 2.34. The molecule has 130 valence electrons. The van der Waals surface area contributed by atoms with E-state index in [1.54, 1.807) is 13.8 Å². The molecule has 1 aliphatic heterocycles. The molecule has 0 aromatic carbocycles. The Morgan fingerprint density at radius 3 is 2.33 bits per heavy atom. The number of allylic oxidation sites excluding steroid dienone is 2. The van der Waals surface area contributed by atoms with E-state index in [-0.39, 0.29) is 43.8 Å². The van der Waals surface area contributed by atoms with E-state index in [2.05, 4.69) is 5.32 Å². The predicted molar refractivity (Wildman–Crippen MR) is 81.3 cm³/mol. The van der Waals surface area contributed by atoms with Gasteiger partial charge in [0.1, 0.15) is 0 Å². The van der Waals surface area contributed by atoms with Crippen molar-refractivity contribution in [1.29, 1.82) is 0 Å². The van der Waals surface area contributed by atoms with Crippen molar-refractivity contribution in [3.63, 3.8) is 0 Å². The quantitative estimate of drug-likeness (QED) is 0.352. The molecule has 2 unspecified atom stereocenters. The van der Waals surface area contributed by atoms with Gasteiger partial charge in [0.25, 0.3) is 0 Å². The predicted octanol–water partition coefficient (Wildman–Crippen LogP) is 0.728. The van der Waals surface area contributed by atoms with Crippen molar-refractivity contribution >= 4 is 23.8 Å². The highest BCUT2D eigenvalue weighted by molar-refractivity contribution is 6.06. The molecule has 0 bridgehead atoms. The molecule has 7 heteroatoms. The summed E-state index contributed by atoms with van der Waals surface area (Å²) < 4.78 is 10.3. The van der Waals surface area contributed by atoms with E-state index >= 15 is 0 Å². The Balaban J connectivity index is 1.95. The summed E-state index contributed by atoms with van der Waals surface area (Å²) in [6.07, 6.45) is 2.69. The first-order valence-corrected chi connectivity index (χ1v) is 8.32. The number of fused-ring (bicyclic) bond motifs is 3. The number of nitrogens with one attached hydrogen (secondary N) is 1. The van der Waals surface area contributed by atoms with Gasteiger partial charge >= 0.3 is 11.9 Å². The topological polar surface area (TPSA) is 98.8 Å². The van der Waals surface area contributed by atoms with Crippen LogP contribution in [-0.4, -0.2) is 37.0 Å². The Bertz CT molecular complexity index is 619. The molecule has 1 heterocycles. The second-order valence-corrected chi connectivity index (χ2v) is 6.51. The number of esters is 2. The summed E-state index contributed by atoms with van der Waals surface area (Å²) in [6.45, 7) is 3.68. The Hall–Kier alpha value is -2.18. The lowest BCUT2D eigenvalue weighted by Crippen LogP contribution is -2.41. The van der Waals surface area contributed by atoms with Gasteiger partial charge in [0.15, 0.2) is 5.41 Å². The molecule has 2 amide bonds. The zero-order valence-electron chi connectivity index (χ0n) is 13.8. The Morgan fingerprint density at radius 2 is 1.75 bits per heavy atom. The largest absolute Gasteiger partial charge is 0.465 e. The summed E-state index contributed by atoms with van der Waals surface area (Å²) in [5.74, 6) is -3.03. The smallest absolute Gasteiger partial charge is 0.323 e. The van der Waals surface area contributed by atoms with Gasteiger partial charge in [-0.15, -0.1) is 0 Å². The van der Waals surface area contributed by atoms with Crippen LogP contribution in [0.2, 0.25) is 0 Å². The highest BCUT2D eigenvalue weighted by Crippen LogP contribution is 2.54. The molecular weight excluding hydrogens is 314 g/mol. The zero-order valence-corrected chi connectivity index (χ0v) is 13.8. The highest BCUT2D eigenvalue weighted by Gasteiger charge is 2.61. The number of ether oxygens (including phenoxy) is 2. The van der Waals surface area contributed by atoms with Crippen LogP contribution in [0.4, 0.5) is 0 Å². The van der Waals surface area contributed by atoms with Crippen molar-refractivity contribution in [1.82, 2.24) is 5.32 Å². The molecule has 7 nitrogen and oxygen atoms in total. The van der Waals surface area contributed by atoms with Crippen LogP contribution in [-0.2, 0) is 28.7 Å². The molecular formula is C17H21NO6. The summed E-state index contributed by atoms with van der Waals surface area (Å²) in [7, 11) is 0. The normalized spacial score (nSPS) is 30.1. The maximum absolute atomic E-state index is 12.5. The second-order valence-electron chi connectivity index (χ2n) is 6.51. The summed E-state index contributed by atoms with van der Waals surface area (Å²) in [5, 5.41) is 2.36.